The van der Waals surface area contributed by atoms with Crippen molar-refractivity contribution < 1.29 is 0 Å². The number of fused-ring (bicyclic) bond motifs is 7. The van der Waals surface area contributed by atoms with Gasteiger partial charge in [0.25, 0.3) is 6.71 Å². The summed E-state index contributed by atoms with van der Waals surface area (Å²) in [7, 11) is 0. The first-order valence-electron chi connectivity index (χ1n) is 26.0. The van der Waals surface area contributed by atoms with Gasteiger partial charge in [-0.3, -0.25) is 0 Å². The predicted octanol–water partition coefficient (Wildman–Crippen LogP) is 16.6. The topological polar surface area (TPSA) is 6.48 Å². The molecular formula is C66H53BN2S2. The van der Waals surface area contributed by atoms with Crippen LogP contribution in [0.3, 0.4) is 0 Å². The Morgan fingerprint density at radius 2 is 1.27 bits per heavy atom. The van der Waals surface area contributed by atoms with Gasteiger partial charge in [0.1, 0.15) is 0 Å². The number of hydrogen-bond donors (Lipinski definition) is 0. The van der Waals surface area contributed by atoms with E-state index in [1.54, 1.807) is 5.56 Å². The molecule has 71 heavy (non-hydrogen) atoms. The SMILES string of the molecule is CC(C)(C)c1ccc(N2c3cc(N(c4ccccc4)c4ccccc4)cc4c3B(c3sc5ccc(C67C[C@H]8CC9C[C@@H](C6)C97C8)cc5c32)c2sc(-c3ccc(-c5ccccc5)cc3)c3cccc-4c23)cc1. The van der Waals surface area contributed by atoms with Gasteiger partial charge in [-0.1, -0.05) is 148 Å². The van der Waals surface area contributed by atoms with Crippen molar-refractivity contribution in [3.8, 4) is 32.7 Å². The van der Waals surface area contributed by atoms with Gasteiger partial charge in [0.2, 0.25) is 0 Å². The van der Waals surface area contributed by atoms with Crippen LogP contribution in [0.5, 0.6) is 0 Å². The van der Waals surface area contributed by atoms with E-state index >= 15 is 0 Å². The lowest BCUT2D eigenvalue weighted by Crippen LogP contribution is -2.68. The van der Waals surface area contributed by atoms with Crippen molar-refractivity contribution in [2.24, 2.45) is 23.2 Å². The number of hydrogen-bond acceptors (Lipinski definition) is 4. The highest BCUT2D eigenvalue weighted by molar-refractivity contribution is 7.40. The number of anilines is 6. The molecule has 2 aliphatic heterocycles. The van der Waals surface area contributed by atoms with Gasteiger partial charge >= 0.3 is 0 Å². The monoisotopic (exact) mass is 948 g/mol. The number of para-hydroxylation sites is 2. The summed E-state index contributed by atoms with van der Waals surface area (Å²) in [6, 6.07) is 71.8. The molecule has 8 aromatic carbocycles. The molecule has 342 valence electrons. The number of rotatable bonds is 7. The second-order valence-electron chi connectivity index (χ2n) is 23.0. The molecule has 0 radical (unpaired) electrons. The first-order valence-corrected chi connectivity index (χ1v) is 27.7. The summed E-state index contributed by atoms with van der Waals surface area (Å²) in [5.74, 6) is 2.79. The van der Waals surface area contributed by atoms with Crippen LogP contribution in [0.25, 0.3) is 53.6 Å². The Kier molecular flexibility index (Phi) is 8.37. The lowest BCUT2D eigenvalue weighted by Gasteiger charge is -2.73. The zero-order valence-corrected chi connectivity index (χ0v) is 42.1. The van der Waals surface area contributed by atoms with Crippen LogP contribution in [0.4, 0.5) is 34.1 Å². The van der Waals surface area contributed by atoms with E-state index in [1.165, 1.54) is 129 Å². The van der Waals surface area contributed by atoms with Gasteiger partial charge < -0.3 is 9.80 Å². The van der Waals surface area contributed by atoms with Crippen LogP contribution in [0.2, 0.25) is 0 Å². The van der Waals surface area contributed by atoms with Gasteiger partial charge in [-0.2, -0.15) is 0 Å². The Labute approximate surface area is 425 Å². The third kappa shape index (κ3) is 5.49. The highest BCUT2D eigenvalue weighted by atomic mass is 32.1. The maximum Gasteiger partial charge on any atom is 0.273 e. The molecule has 0 amide bonds. The van der Waals surface area contributed by atoms with E-state index < -0.39 is 0 Å². The van der Waals surface area contributed by atoms with Gasteiger partial charge in [-0.25, -0.2) is 0 Å². The van der Waals surface area contributed by atoms with E-state index in [9.17, 15) is 0 Å². The largest absolute Gasteiger partial charge is 0.310 e. The minimum atomic E-state index is 0.0405. The van der Waals surface area contributed by atoms with Crippen LogP contribution < -0.4 is 24.8 Å². The predicted molar refractivity (Wildman–Crippen MR) is 304 cm³/mol. The van der Waals surface area contributed by atoms with Crippen LogP contribution in [0.1, 0.15) is 64.0 Å². The third-order valence-electron chi connectivity index (χ3n) is 18.6. The van der Waals surface area contributed by atoms with Gasteiger partial charge in [0, 0.05) is 59.0 Å². The summed E-state index contributed by atoms with van der Waals surface area (Å²) >= 11 is 4.09. The minimum Gasteiger partial charge on any atom is -0.310 e. The summed E-state index contributed by atoms with van der Waals surface area (Å²) in [4.78, 5) is 6.55. The number of thiophene rings is 2. The summed E-state index contributed by atoms with van der Waals surface area (Å²) in [5.41, 5.74) is 19.1. The highest BCUT2D eigenvalue weighted by Crippen LogP contribution is 2.86. The molecule has 2 nitrogen and oxygen atoms in total. The quantitative estimate of drug-likeness (QED) is 0.147. The van der Waals surface area contributed by atoms with Gasteiger partial charge in [0.05, 0.1) is 5.69 Å². The molecule has 16 rings (SSSR count). The van der Waals surface area contributed by atoms with Crippen molar-refractivity contribution in [2.45, 2.75) is 63.7 Å². The lowest BCUT2D eigenvalue weighted by atomic mass is 9.31. The van der Waals surface area contributed by atoms with Gasteiger partial charge in [-0.15, -0.1) is 22.7 Å². The molecule has 4 fully saturated rings. The van der Waals surface area contributed by atoms with Gasteiger partial charge in [0.15, 0.2) is 0 Å². The standard InChI is InChI=1S/C66H53BN2S2/c1-64(2,3)44-26-29-50(30-27-44)69-56-36-51(68(48-16-9-5-10-17-48)49-18-11-6-12-19-49)35-54-52-20-13-21-53-58(52)62(71-61(53)43-24-22-42(23-25-43)41-14-7-4-8-15-41)67(59(54)56)63-60(69)55-34-45(28-31-57(55)70-63)65-37-40-32-46-33-47(39-65)66(46,65)38-40/h4-31,34-36,40,46-47H,32-33,37-39H2,1-3H3/t40-,46?,47+,65?,66?/m1/s1. The smallest absolute Gasteiger partial charge is 0.273 e. The molecule has 4 saturated carbocycles. The minimum absolute atomic E-state index is 0.0405. The molecule has 5 heteroatoms. The van der Waals surface area contributed by atoms with Crippen molar-refractivity contribution in [2.75, 3.05) is 9.80 Å². The molecule has 4 heterocycles. The second kappa shape index (κ2) is 14.5. The Morgan fingerprint density at radius 1 is 0.563 bits per heavy atom. The van der Waals surface area contributed by atoms with Gasteiger partial charge in [-0.05, 0) is 176 Å². The molecule has 0 N–H and O–H groups in total. The Balaban J connectivity index is 0.981. The van der Waals surface area contributed by atoms with Crippen LogP contribution in [-0.4, -0.2) is 6.71 Å². The zero-order valence-electron chi connectivity index (χ0n) is 40.5. The third-order valence-corrected chi connectivity index (χ3v) is 21.2. The summed E-state index contributed by atoms with van der Waals surface area (Å²) in [6.45, 7) is 7.08. The van der Waals surface area contributed by atoms with E-state index in [0.29, 0.717) is 10.8 Å². The van der Waals surface area contributed by atoms with Crippen LogP contribution >= 0.6 is 22.7 Å². The molecule has 6 aliphatic rings. The van der Waals surface area contributed by atoms with E-state index in [4.69, 9.17) is 0 Å². The molecule has 4 aliphatic carbocycles. The second-order valence-corrected chi connectivity index (χ2v) is 25.1. The van der Waals surface area contributed by atoms with E-state index in [0.717, 1.165) is 29.1 Å². The van der Waals surface area contributed by atoms with Crippen molar-refractivity contribution in [1.82, 2.24) is 0 Å². The maximum absolute atomic E-state index is 2.73. The van der Waals surface area contributed by atoms with Crippen molar-refractivity contribution in [3.63, 3.8) is 0 Å². The summed E-state index contributed by atoms with van der Waals surface area (Å²) in [6.07, 6.45) is 7.22. The van der Waals surface area contributed by atoms with Crippen molar-refractivity contribution in [3.05, 3.63) is 199 Å². The highest BCUT2D eigenvalue weighted by Gasteiger charge is 2.80. The number of benzene rings is 8. The fourth-order valence-electron chi connectivity index (χ4n) is 15.8. The average Bonchev–Trinajstić information content (AvgIpc) is 4.17. The normalized spacial score (nSPS) is 22.8. The molecule has 2 bridgehead atoms. The van der Waals surface area contributed by atoms with Crippen LogP contribution in [-0.2, 0) is 10.8 Å². The molecular weight excluding hydrogens is 896 g/mol. The maximum atomic E-state index is 2.73. The Bertz CT molecular complexity index is 3770. The van der Waals surface area contributed by atoms with Crippen LogP contribution in [0, 0.1) is 23.2 Å². The molecule has 10 aromatic rings. The number of nitrogens with zero attached hydrogens (tertiary/aromatic N) is 2. The Hall–Kier alpha value is -6.66. The van der Waals surface area contributed by atoms with Crippen molar-refractivity contribution in [1.29, 1.82) is 0 Å². The first kappa shape index (κ1) is 41.0. The Morgan fingerprint density at radius 3 is 1.97 bits per heavy atom. The average molecular weight is 949 g/mol. The van der Waals surface area contributed by atoms with Crippen LogP contribution in [0.15, 0.2) is 188 Å². The van der Waals surface area contributed by atoms with E-state index in [2.05, 4.69) is 230 Å². The molecule has 5 atom stereocenters. The summed E-state index contributed by atoms with van der Waals surface area (Å²) < 4.78 is 4.35. The molecule has 0 saturated heterocycles. The van der Waals surface area contributed by atoms with E-state index in [-0.39, 0.29) is 12.1 Å². The fraction of sp³-hybridized carbons (Fsp3) is 0.212. The molecule has 1 spiro atoms. The first-order chi connectivity index (χ1) is 34.8. The molecule has 3 unspecified atom stereocenters. The molecule has 2 aromatic heterocycles. The summed E-state index contributed by atoms with van der Waals surface area (Å²) in [5, 5.41) is 4.19. The lowest BCUT2D eigenvalue weighted by molar-refractivity contribution is -0.198. The fourth-order valence-corrected chi connectivity index (χ4v) is 18.6. The van der Waals surface area contributed by atoms with Crippen molar-refractivity contribution >= 4 is 99.4 Å². The zero-order chi connectivity index (χ0) is 47.0. The van der Waals surface area contributed by atoms with E-state index in [1.807, 2.05) is 11.3 Å².